The van der Waals surface area contributed by atoms with Gasteiger partial charge in [0.1, 0.15) is 5.56 Å². The van der Waals surface area contributed by atoms with Crippen LogP contribution in [0.1, 0.15) is 30.0 Å². The summed E-state index contributed by atoms with van der Waals surface area (Å²) in [7, 11) is 0. The molecule has 0 bridgehead atoms. The van der Waals surface area contributed by atoms with Crippen molar-refractivity contribution in [2.75, 3.05) is 0 Å². The predicted octanol–water partition coefficient (Wildman–Crippen LogP) is 2.73. The summed E-state index contributed by atoms with van der Waals surface area (Å²) in [5.74, 6) is -0.378. The van der Waals surface area contributed by atoms with Gasteiger partial charge in [0, 0.05) is 12.3 Å². The minimum atomic E-state index is -0.652. The lowest BCUT2D eigenvalue weighted by molar-refractivity contribution is 0.408. The summed E-state index contributed by atoms with van der Waals surface area (Å²) in [6.45, 7) is 2.11. The number of nitrogens with one attached hydrogen (secondary N) is 1. The number of H-pyrrole nitrogens is 1. The van der Waals surface area contributed by atoms with Crippen molar-refractivity contribution in [1.82, 2.24) is 9.55 Å². The van der Waals surface area contributed by atoms with E-state index in [-0.39, 0.29) is 24.0 Å². The zero-order valence-corrected chi connectivity index (χ0v) is 15.7. The summed E-state index contributed by atoms with van der Waals surface area (Å²) in [6.07, 6.45) is 3.03. The molecular formula is C22H23N3O3. The number of aromatic nitrogens is 2. The van der Waals surface area contributed by atoms with E-state index in [9.17, 15) is 14.7 Å². The van der Waals surface area contributed by atoms with Crippen LogP contribution in [0.4, 0.5) is 0 Å². The number of nitrogens with zero attached hydrogens (tertiary/aromatic N) is 2. The Morgan fingerprint density at radius 2 is 1.64 bits per heavy atom. The quantitative estimate of drug-likeness (QED) is 0.621. The zero-order chi connectivity index (χ0) is 19.9. The molecule has 2 N–H and O–H groups in total. The molecule has 2 aromatic carbocycles. The van der Waals surface area contributed by atoms with Crippen molar-refractivity contribution in [3.63, 3.8) is 0 Å². The van der Waals surface area contributed by atoms with Gasteiger partial charge < -0.3 is 5.11 Å². The van der Waals surface area contributed by atoms with Crippen LogP contribution in [0.2, 0.25) is 0 Å². The van der Waals surface area contributed by atoms with E-state index < -0.39 is 11.2 Å². The predicted molar refractivity (Wildman–Crippen MR) is 110 cm³/mol. The van der Waals surface area contributed by atoms with E-state index in [0.717, 1.165) is 23.0 Å². The van der Waals surface area contributed by atoms with Gasteiger partial charge in [-0.25, -0.2) is 4.79 Å². The van der Waals surface area contributed by atoms with E-state index in [1.165, 1.54) is 11.8 Å². The first kappa shape index (κ1) is 19.4. The summed E-state index contributed by atoms with van der Waals surface area (Å²) in [4.78, 5) is 30.9. The molecule has 0 amide bonds. The van der Waals surface area contributed by atoms with E-state index in [0.29, 0.717) is 0 Å². The highest BCUT2D eigenvalue weighted by Crippen LogP contribution is 2.12. The molecule has 0 saturated heterocycles. The molecule has 0 unspecified atom stereocenters. The zero-order valence-electron chi connectivity index (χ0n) is 15.7. The SMILES string of the molecule is C[C@@H](CCc1ccccc1)N=Cc1c(O)n(Cc2ccccc2)c(=O)[nH]c1=O. The van der Waals surface area contributed by atoms with Gasteiger partial charge in [-0.1, -0.05) is 60.7 Å². The van der Waals surface area contributed by atoms with E-state index in [4.69, 9.17) is 0 Å². The largest absolute Gasteiger partial charge is 0.494 e. The van der Waals surface area contributed by atoms with Gasteiger partial charge in [-0.3, -0.25) is 19.3 Å². The summed E-state index contributed by atoms with van der Waals surface area (Å²) >= 11 is 0. The normalized spacial score (nSPS) is 12.3. The molecule has 0 aliphatic carbocycles. The highest BCUT2D eigenvalue weighted by molar-refractivity contribution is 5.82. The summed E-state index contributed by atoms with van der Waals surface area (Å²) < 4.78 is 1.13. The Kier molecular flexibility index (Phi) is 6.22. The Hall–Kier alpha value is -3.41. The van der Waals surface area contributed by atoms with Crippen molar-refractivity contribution in [2.24, 2.45) is 4.99 Å². The summed E-state index contributed by atoms with van der Waals surface area (Å²) in [5, 5.41) is 10.5. The van der Waals surface area contributed by atoms with Crippen LogP contribution in [0.3, 0.4) is 0 Å². The average molecular weight is 377 g/mol. The Bertz CT molecular complexity index is 1050. The van der Waals surface area contributed by atoms with Gasteiger partial charge in [0.2, 0.25) is 5.88 Å². The van der Waals surface area contributed by atoms with Gasteiger partial charge in [0.25, 0.3) is 5.56 Å². The number of benzene rings is 2. The number of aromatic hydroxyl groups is 1. The van der Waals surface area contributed by atoms with Crippen LogP contribution in [-0.2, 0) is 13.0 Å². The molecule has 28 heavy (non-hydrogen) atoms. The van der Waals surface area contributed by atoms with Gasteiger partial charge in [0.15, 0.2) is 0 Å². The number of hydrogen-bond donors (Lipinski definition) is 2. The number of rotatable bonds is 7. The van der Waals surface area contributed by atoms with Crippen LogP contribution in [-0.4, -0.2) is 26.9 Å². The van der Waals surface area contributed by atoms with Crippen LogP contribution < -0.4 is 11.2 Å². The molecule has 3 aromatic rings. The lowest BCUT2D eigenvalue weighted by Gasteiger charge is -2.10. The Morgan fingerprint density at radius 3 is 2.29 bits per heavy atom. The first-order valence-corrected chi connectivity index (χ1v) is 9.21. The fraction of sp³-hybridized carbons (Fsp3) is 0.227. The Balaban J connectivity index is 1.77. The third-order valence-electron chi connectivity index (χ3n) is 4.54. The van der Waals surface area contributed by atoms with E-state index in [1.54, 1.807) is 0 Å². The highest BCUT2D eigenvalue weighted by Gasteiger charge is 2.13. The van der Waals surface area contributed by atoms with Gasteiger partial charge in [0.05, 0.1) is 6.54 Å². The van der Waals surface area contributed by atoms with Crippen LogP contribution in [0.15, 0.2) is 75.2 Å². The molecule has 1 heterocycles. The van der Waals surface area contributed by atoms with Crippen LogP contribution in [0.25, 0.3) is 0 Å². The molecule has 6 heteroatoms. The molecule has 0 spiro atoms. The van der Waals surface area contributed by atoms with Crippen LogP contribution >= 0.6 is 0 Å². The third-order valence-corrected chi connectivity index (χ3v) is 4.54. The molecule has 3 rings (SSSR count). The Morgan fingerprint density at radius 1 is 1.04 bits per heavy atom. The minimum absolute atomic E-state index is 0.0120. The lowest BCUT2D eigenvalue weighted by atomic mass is 10.1. The molecule has 144 valence electrons. The topological polar surface area (TPSA) is 87.4 Å². The van der Waals surface area contributed by atoms with Crippen molar-refractivity contribution in [2.45, 2.75) is 32.4 Å². The maximum atomic E-state index is 12.1. The highest BCUT2D eigenvalue weighted by atomic mass is 16.3. The number of aromatic amines is 1. The summed E-state index contributed by atoms with van der Waals surface area (Å²) in [5.41, 5.74) is 0.751. The maximum absolute atomic E-state index is 12.1. The Labute approximate surface area is 162 Å². The molecule has 0 aliphatic rings. The van der Waals surface area contributed by atoms with Crippen molar-refractivity contribution in [3.8, 4) is 5.88 Å². The molecule has 1 aromatic heterocycles. The van der Waals surface area contributed by atoms with Crippen molar-refractivity contribution in [3.05, 3.63) is 98.2 Å². The van der Waals surface area contributed by atoms with Gasteiger partial charge in [-0.05, 0) is 30.9 Å². The lowest BCUT2D eigenvalue weighted by Crippen LogP contribution is -2.32. The molecule has 1 atom stereocenters. The van der Waals surface area contributed by atoms with Crippen molar-refractivity contribution in [1.29, 1.82) is 0 Å². The standard InChI is InChI=1S/C22H23N3O3/c1-16(12-13-17-8-4-2-5-9-17)23-14-19-20(26)24-22(28)25(21(19)27)15-18-10-6-3-7-11-18/h2-11,14,16,27H,12-13,15H2,1H3,(H,24,26,28)/t16-/m0/s1. The van der Waals surface area contributed by atoms with Crippen molar-refractivity contribution < 1.29 is 5.11 Å². The first-order valence-electron chi connectivity index (χ1n) is 9.21. The number of hydrogen-bond acceptors (Lipinski definition) is 4. The number of aliphatic imine (C=N–C) groups is 1. The third kappa shape index (κ3) is 4.85. The van der Waals surface area contributed by atoms with E-state index >= 15 is 0 Å². The summed E-state index contributed by atoms with van der Waals surface area (Å²) in [6, 6.07) is 19.3. The first-order chi connectivity index (χ1) is 13.5. The smallest absolute Gasteiger partial charge is 0.331 e. The van der Waals surface area contributed by atoms with Gasteiger partial charge in [-0.2, -0.15) is 0 Å². The van der Waals surface area contributed by atoms with Gasteiger partial charge >= 0.3 is 5.69 Å². The van der Waals surface area contributed by atoms with Crippen LogP contribution in [0.5, 0.6) is 5.88 Å². The monoisotopic (exact) mass is 377 g/mol. The molecule has 0 saturated carbocycles. The molecule has 6 nitrogen and oxygen atoms in total. The number of aryl methyl sites for hydroxylation is 1. The second kappa shape index (κ2) is 8.99. The van der Waals surface area contributed by atoms with E-state index in [2.05, 4.69) is 22.1 Å². The molecule has 0 radical (unpaired) electrons. The fourth-order valence-corrected chi connectivity index (χ4v) is 2.90. The second-order valence-electron chi connectivity index (χ2n) is 6.72. The van der Waals surface area contributed by atoms with Gasteiger partial charge in [-0.15, -0.1) is 0 Å². The van der Waals surface area contributed by atoms with Crippen LogP contribution in [0, 0.1) is 0 Å². The second-order valence-corrected chi connectivity index (χ2v) is 6.72. The average Bonchev–Trinajstić information content (AvgIpc) is 2.71. The van der Waals surface area contributed by atoms with E-state index in [1.807, 2.05) is 55.5 Å². The molecular weight excluding hydrogens is 354 g/mol. The minimum Gasteiger partial charge on any atom is -0.494 e. The molecule has 0 aliphatic heterocycles. The van der Waals surface area contributed by atoms with Crippen molar-refractivity contribution >= 4 is 6.21 Å². The molecule has 0 fully saturated rings. The fourth-order valence-electron chi connectivity index (χ4n) is 2.90. The maximum Gasteiger partial charge on any atom is 0.331 e.